The summed E-state index contributed by atoms with van der Waals surface area (Å²) in [5, 5.41) is 13.1. The Labute approximate surface area is 206 Å². The molecule has 0 unspecified atom stereocenters. The van der Waals surface area contributed by atoms with Crippen LogP contribution in [0.3, 0.4) is 0 Å². The molecule has 0 bridgehead atoms. The van der Waals surface area contributed by atoms with E-state index in [1.165, 1.54) is 52.6 Å². The second-order valence-corrected chi connectivity index (χ2v) is 8.87. The van der Waals surface area contributed by atoms with Crippen LogP contribution in [0.5, 0.6) is 0 Å². The summed E-state index contributed by atoms with van der Waals surface area (Å²) in [4.78, 5) is 41.2. The van der Waals surface area contributed by atoms with Crippen LogP contribution in [0.25, 0.3) is 0 Å². The van der Waals surface area contributed by atoms with Crippen molar-refractivity contribution < 1.29 is 23.6 Å². The summed E-state index contributed by atoms with van der Waals surface area (Å²) in [5.74, 6) is -1.13. The zero-order valence-electron chi connectivity index (χ0n) is 19.3. The lowest BCUT2D eigenvalue weighted by molar-refractivity contribution is -0.384. The molecule has 184 valence electrons. The molecule has 0 saturated carbocycles. The van der Waals surface area contributed by atoms with Crippen molar-refractivity contribution in [3.63, 3.8) is 0 Å². The molecule has 2 amide bonds. The van der Waals surface area contributed by atoms with E-state index in [1.807, 2.05) is 17.5 Å². The van der Waals surface area contributed by atoms with Gasteiger partial charge in [-0.15, -0.1) is 11.3 Å². The van der Waals surface area contributed by atoms with Crippen LogP contribution in [0.15, 0.2) is 66.0 Å². The second kappa shape index (κ2) is 12.7. The minimum atomic E-state index is -0.567. The standard InChI is InChI=1S/C25H26FN3O5S/c1-34-13-4-12-27(25(31)20-5-2-6-22(15-20)29(32)33)18-24(30)28(17-23-7-3-14-35-23)16-19-8-10-21(26)11-9-19/h2-3,5-11,14-15H,4,12-13,16-18H2,1H3. The van der Waals surface area contributed by atoms with Crippen LogP contribution in [0.4, 0.5) is 10.1 Å². The van der Waals surface area contributed by atoms with Crippen LogP contribution in [-0.2, 0) is 22.6 Å². The van der Waals surface area contributed by atoms with Crippen LogP contribution >= 0.6 is 11.3 Å². The Morgan fingerprint density at radius 1 is 1.06 bits per heavy atom. The maximum Gasteiger partial charge on any atom is 0.270 e. The minimum absolute atomic E-state index is 0.132. The fourth-order valence-corrected chi connectivity index (χ4v) is 4.20. The molecule has 3 rings (SSSR count). The molecule has 0 spiro atoms. The molecular formula is C25H26FN3O5S. The summed E-state index contributed by atoms with van der Waals surface area (Å²) in [6, 6.07) is 15.2. The number of carbonyl (C=O) groups is 2. The highest BCUT2D eigenvalue weighted by Gasteiger charge is 2.24. The van der Waals surface area contributed by atoms with Crippen LogP contribution < -0.4 is 0 Å². The van der Waals surface area contributed by atoms with Gasteiger partial charge in [-0.25, -0.2) is 4.39 Å². The largest absolute Gasteiger partial charge is 0.385 e. The van der Waals surface area contributed by atoms with E-state index in [4.69, 9.17) is 4.74 Å². The third-order valence-electron chi connectivity index (χ3n) is 5.26. The fourth-order valence-electron chi connectivity index (χ4n) is 3.48. The van der Waals surface area contributed by atoms with E-state index in [0.717, 1.165) is 10.4 Å². The van der Waals surface area contributed by atoms with Gasteiger partial charge in [-0.2, -0.15) is 0 Å². The first-order valence-corrected chi connectivity index (χ1v) is 11.8. The lowest BCUT2D eigenvalue weighted by atomic mass is 10.1. The number of nitro benzene ring substituents is 1. The summed E-state index contributed by atoms with van der Waals surface area (Å²) in [6.07, 6.45) is 0.493. The van der Waals surface area contributed by atoms with E-state index >= 15 is 0 Å². The number of methoxy groups -OCH3 is 1. The predicted octanol–water partition coefficient (Wildman–Crippen LogP) is 4.50. The highest BCUT2D eigenvalue weighted by molar-refractivity contribution is 7.09. The molecule has 3 aromatic rings. The molecule has 0 fully saturated rings. The smallest absolute Gasteiger partial charge is 0.270 e. The summed E-state index contributed by atoms with van der Waals surface area (Å²) in [6.45, 7) is 1.00. The van der Waals surface area contributed by atoms with Gasteiger partial charge in [-0.05, 0) is 41.6 Å². The predicted molar refractivity (Wildman–Crippen MR) is 130 cm³/mol. The van der Waals surface area contributed by atoms with Gasteiger partial charge in [0, 0.05) is 49.4 Å². The highest BCUT2D eigenvalue weighted by atomic mass is 32.1. The van der Waals surface area contributed by atoms with E-state index in [9.17, 15) is 24.1 Å². The number of nitro groups is 1. The molecule has 0 atom stereocenters. The summed E-state index contributed by atoms with van der Waals surface area (Å²) in [7, 11) is 1.54. The Morgan fingerprint density at radius 3 is 2.49 bits per heavy atom. The molecular weight excluding hydrogens is 473 g/mol. The Morgan fingerprint density at radius 2 is 1.83 bits per heavy atom. The van der Waals surface area contributed by atoms with Gasteiger partial charge in [0.05, 0.1) is 11.5 Å². The van der Waals surface area contributed by atoms with Crippen molar-refractivity contribution in [2.45, 2.75) is 19.5 Å². The number of benzene rings is 2. The van der Waals surface area contributed by atoms with E-state index in [1.54, 1.807) is 24.1 Å². The number of hydrogen-bond donors (Lipinski definition) is 0. The second-order valence-electron chi connectivity index (χ2n) is 7.84. The molecule has 10 heteroatoms. The molecule has 2 aromatic carbocycles. The molecule has 0 aliphatic heterocycles. The van der Waals surface area contributed by atoms with E-state index in [2.05, 4.69) is 0 Å². The Bertz CT molecular complexity index is 1140. The first-order chi connectivity index (χ1) is 16.9. The lowest BCUT2D eigenvalue weighted by Crippen LogP contribution is -2.43. The molecule has 1 aromatic heterocycles. The maximum absolute atomic E-state index is 13.4. The molecule has 0 saturated heterocycles. The number of carbonyl (C=O) groups excluding carboxylic acids is 2. The van der Waals surface area contributed by atoms with Gasteiger partial charge in [0.15, 0.2) is 0 Å². The topological polar surface area (TPSA) is 93.0 Å². The first kappa shape index (κ1) is 26.0. The van der Waals surface area contributed by atoms with Crippen molar-refractivity contribution in [1.29, 1.82) is 0 Å². The molecule has 0 radical (unpaired) electrons. The highest BCUT2D eigenvalue weighted by Crippen LogP contribution is 2.18. The van der Waals surface area contributed by atoms with E-state index < -0.39 is 10.8 Å². The van der Waals surface area contributed by atoms with Gasteiger partial charge in [-0.3, -0.25) is 19.7 Å². The zero-order chi connectivity index (χ0) is 25.2. The van der Waals surface area contributed by atoms with E-state index in [0.29, 0.717) is 19.6 Å². The molecule has 0 aliphatic carbocycles. The van der Waals surface area contributed by atoms with Crippen molar-refractivity contribution in [1.82, 2.24) is 9.80 Å². The Hall–Kier alpha value is -3.63. The number of nitrogens with zero attached hydrogens (tertiary/aromatic N) is 3. The fraction of sp³-hybridized carbons (Fsp3) is 0.280. The maximum atomic E-state index is 13.4. The van der Waals surface area contributed by atoms with Crippen molar-refractivity contribution in [2.24, 2.45) is 0 Å². The number of amides is 2. The van der Waals surface area contributed by atoms with Gasteiger partial charge in [0.25, 0.3) is 11.6 Å². The van der Waals surface area contributed by atoms with Gasteiger partial charge in [0.2, 0.25) is 5.91 Å². The SMILES string of the molecule is COCCCN(CC(=O)N(Cc1ccc(F)cc1)Cc1cccs1)C(=O)c1cccc([N+](=O)[O-])c1. The number of ether oxygens (including phenoxy) is 1. The van der Waals surface area contributed by atoms with Gasteiger partial charge in [-0.1, -0.05) is 24.3 Å². The first-order valence-electron chi connectivity index (χ1n) is 10.9. The summed E-state index contributed by atoms with van der Waals surface area (Å²) in [5.41, 5.74) is 0.689. The van der Waals surface area contributed by atoms with Crippen LogP contribution in [0, 0.1) is 15.9 Å². The number of rotatable bonds is 12. The number of thiophene rings is 1. The van der Waals surface area contributed by atoms with Crippen LogP contribution in [-0.4, -0.2) is 53.3 Å². The number of non-ortho nitro benzene ring substituents is 1. The van der Waals surface area contributed by atoms with Crippen molar-refractivity contribution >= 4 is 28.8 Å². The number of halogens is 1. The van der Waals surface area contributed by atoms with Gasteiger partial charge < -0.3 is 14.5 Å². The van der Waals surface area contributed by atoms with Crippen LogP contribution in [0.1, 0.15) is 27.2 Å². The molecule has 0 N–H and O–H groups in total. The third kappa shape index (κ3) is 7.69. The number of hydrogen-bond acceptors (Lipinski definition) is 6. The average Bonchev–Trinajstić information content (AvgIpc) is 3.37. The summed E-state index contributed by atoms with van der Waals surface area (Å²) >= 11 is 1.51. The Balaban J connectivity index is 1.82. The van der Waals surface area contributed by atoms with Crippen molar-refractivity contribution in [2.75, 3.05) is 26.8 Å². The molecule has 8 nitrogen and oxygen atoms in total. The third-order valence-corrected chi connectivity index (χ3v) is 6.12. The minimum Gasteiger partial charge on any atom is -0.385 e. The quantitative estimate of drug-likeness (QED) is 0.208. The normalized spacial score (nSPS) is 10.7. The van der Waals surface area contributed by atoms with Crippen LogP contribution in [0.2, 0.25) is 0 Å². The van der Waals surface area contributed by atoms with Gasteiger partial charge in [0.1, 0.15) is 12.4 Å². The van der Waals surface area contributed by atoms with Gasteiger partial charge >= 0.3 is 0 Å². The molecule has 0 aliphatic rings. The lowest BCUT2D eigenvalue weighted by Gasteiger charge is -2.28. The zero-order valence-corrected chi connectivity index (χ0v) is 20.1. The van der Waals surface area contributed by atoms with Crippen molar-refractivity contribution in [3.05, 3.63) is 98.0 Å². The Kier molecular flexibility index (Phi) is 9.45. The van der Waals surface area contributed by atoms with Crippen molar-refractivity contribution in [3.8, 4) is 0 Å². The molecule has 35 heavy (non-hydrogen) atoms. The monoisotopic (exact) mass is 499 g/mol. The van der Waals surface area contributed by atoms with E-state index in [-0.39, 0.29) is 42.6 Å². The average molecular weight is 500 g/mol. The molecule has 1 heterocycles. The summed E-state index contributed by atoms with van der Waals surface area (Å²) < 4.78 is 18.4.